The van der Waals surface area contributed by atoms with Crippen LogP contribution in [0.15, 0.2) is 73.3 Å². The number of hydrogen-bond donors (Lipinski definition) is 1. The highest BCUT2D eigenvalue weighted by Crippen LogP contribution is 2.28. The van der Waals surface area contributed by atoms with Gasteiger partial charge in [-0.3, -0.25) is 0 Å². The molecule has 0 unspecified atom stereocenters. The summed E-state index contributed by atoms with van der Waals surface area (Å²) in [6.07, 6.45) is 1.86. The molecular weight excluding hydrogens is 318 g/mol. The number of fused-ring (bicyclic) bond motifs is 1. The van der Waals surface area contributed by atoms with Crippen molar-refractivity contribution in [2.24, 2.45) is 0 Å². The maximum Gasteiger partial charge on any atom is 0.124 e. The zero-order valence-corrected chi connectivity index (χ0v) is 14.2. The zero-order chi connectivity index (χ0) is 16.8. The first-order valence-electron chi connectivity index (χ1n) is 7.97. The molecule has 0 aliphatic rings. The van der Waals surface area contributed by atoms with E-state index in [0.717, 1.165) is 29.4 Å². The van der Waals surface area contributed by atoms with Gasteiger partial charge in [-0.25, -0.2) is 0 Å². The molecule has 0 heterocycles. The van der Waals surface area contributed by atoms with Crippen LogP contribution in [-0.2, 0) is 13.2 Å². The van der Waals surface area contributed by atoms with Crippen molar-refractivity contribution in [2.75, 3.05) is 6.54 Å². The van der Waals surface area contributed by atoms with E-state index >= 15 is 0 Å². The van der Waals surface area contributed by atoms with Crippen LogP contribution in [0.4, 0.5) is 0 Å². The summed E-state index contributed by atoms with van der Waals surface area (Å²) in [5.41, 5.74) is 2.27. The average Bonchev–Trinajstić information content (AvgIpc) is 2.62. The third kappa shape index (κ3) is 3.97. The molecule has 0 fully saturated rings. The number of benzene rings is 3. The molecule has 0 aliphatic heterocycles. The number of rotatable bonds is 7. The molecule has 24 heavy (non-hydrogen) atoms. The second kappa shape index (κ2) is 8.00. The Bertz CT molecular complexity index is 827. The average molecular weight is 338 g/mol. The molecule has 3 heteroatoms. The minimum atomic E-state index is 0.518. The molecule has 0 radical (unpaired) electrons. The van der Waals surface area contributed by atoms with Gasteiger partial charge >= 0.3 is 0 Å². The van der Waals surface area contributed by atoms with E-state index in [4.69, 9.17) is 16.3 Å². The van der Waals surface area contributed by atoms with E-state index in [9.17, 15) is 0 Å². The maximum atomic E-state index is 6.09. The minimum absolute atomic E-state index is 0.518. The van der Waals surface area contributed by atoms with Crippen molar-refractivity contribution in [3.05, 3.63) is 89.5 Å². The predicted octanol–water partition coefficient (Wildman–Crippen LogP) is 5.35. The molecule has 122 valence electrons. The topological polar surface area (TPSA) is 21.3 Å². The fourth-order valence-corrected chi connectivity index (χ4v) is 2.80. The second-order valence-corrected chi connectivity index (χ2v) is 6.03. The van der Waals surface area contributed by atoms with E-state index in [1.807, 2.05) is 36.4 Å². The van der Waals surface area contributed by atoms with Crippen LogP contribution in [0.1, 0.15) is 11.1 Å². The van der Waals surface area contributed by atoms with Gasteiger partial charge in [0.2, 0.25) is 0 Å². The lowest BCUT2D eigenvalue weighted by atomic mass is 10.0. The van der Waals surface area contributed by atoms with Crippen molar-refractivity contribution in [1.29, 1.82) is 0 Å². The monoisotopic (exact) mass is 337 g/mol. The van der Waals surface area contributed by atoms with Gasteiger partial charge in [0, 0.05) is 23.7 Å². The van der Waals surface area contributed by atoms with Crippen LogP contribution in [0.2, 0.25) is 5.02 Å². The predicted molar refractivity (Wildman–Crippen MR) is 102 cm³/mol. The first kappa shape index (κ1) is 16.6. The van der Waals surface area contributed by atoms with Gasteiger partial charge < -0.3 is 10.1 Å². The molecule has 0 aliphatic carbocycles. The Hall–Kier alpha value is -2.29. The Morgan fingerprint density at radius 2 is 1.79 bits per heavy atom. The molecule has 2 nitrogen and oxygen atoms in total. The van der Waals surface area contributed by atoms with Gasteiger partial charge in [-0.1, -0.05) is 60.1 Å². The van der Waals surface area contributed by atoms with Gasteiger partial charge in [0.15, 0.2) is 0 Å². The molecule has 0 amide bonds. The van der Waals surface area contributed by atoms with Crippen LogP contribution in [0.3, 0.4) is 0 Å². The largest absolute Gasteiger partial charge is 0.489 e. The summed E-state index contributed by atoms with van der Waals surface area (Å²) in [6, 6.07) is 20.2. The van der Waals surface area contributed by atoms with Crippen LogP contribution >= 0.6 is 11.6 Å². The zero-order valence-electron chi connectivity index (χ0n) is 13.5. The van der Waals surface area contributed by atoms with Gasteiger partial charge in [0.1, 0.15) is 12.4 Å². The molecule has 0 saturated carbocycles. The van der Waals surface area contributed by atoms with Crippen LogP contribution in [0.25, 0.3) is 10.8 Å². The summed E-state index contributed by atoms with van der Waals surface area (Å²) in [5, 5.41) is 6.53. The fraction of sp³-hybridized carbons (Fsp3) is 0.143. The van der Waals surface area contributed by atoms with E-state index in [2.05, 4.69) is 42.2 Å². The highest BCUT2D eigenvalue weighted by Gasteiger charge is 2.09. The first-order valence-corrected chi connectivity index (χ1v) is 8.35. The van der Waals surface area contributed by atoms with Gasteiger partial charge in [-0.05, 0) is 34.5 Å². The maximum absolute atomic E-state index is 6.09. The summed E-state index contributed by atoms with van der Waals surface area (Å²) in [5.74, 6) is 0.903. The Balaban J connectivity index is 1.86. The SMILES string of the molecule is C=CCNCc1c(OCc2ccc(Cl)cc2)ccc2ccccc12. The quantitative estimate of drug-likeness (QED) is 0.463. The van der Waals surface area contributed by atoms with Crippen LogP contribution in [-0.4, -0.2) is 6.54 Å². The number of hydrogen-bond acceptors (Lipinski definition) is 2. The van der Waals surface area contributed by atoms with Gasteiger partial charge in [0.25, 0.3) is 0 Å². The normalized spacial score (nSPS) is 10.7. The smallest absolute Gasteiger partial charge is 0.124 e. The summed E-state index contributed by atoms with van der Waals surface area (Å²) in [7, 11) is 0. The van der Waals surface area contributed by atoms with Gasteiger partial charge in [-0.2, -0.15) is 0 Å². The van der Waals surface area contributed by atoms with E-state index < -0.39 is 0 Å². The standard InChI is InChI=1S/C21H20ClNO/c1-2-13-23-14-20-19-6-4-3-5-17(19)9-12-21(20)24-15-16-7-10-18(22)11-8-16/h2-12,23H,1,13-15H2. The molecule has 3 aromatic carbocycles. The first-order chi connectivity index (χ1) is 11.8. The summed E-state index contributed by atoms with van der Waals surface area (Å²) < 4.78 is 6.09. The lowest BCUT2D eigenvalue weighted by Crippen LogP contribution is -2.14. The van der Waals surface area contributed by atoms with Crippen LogP contribution in [0.5, 0.6) is 5.75 Å². The lowest BCUT2D eigenvalue weighted by Gasteiger charge is -2.15. The summed E-state index contributed by atoms with van der Waals surface area (Å²) in [6.45, 7) is 5.78. The summed E-state index contributed by atoms with van der Waals surface area (Å²) >= 11 is 5.93. The Kier molecular flexibility index (Phi) is 5.52. The summed E-state index contributed by atoms with van der Waals surface area (Å²) in [4.78, 5) is 0. The molecule has 3 aromatic rings. The van der Waals surface area contributed by atoms with Crippen LogP contribution in [0, 0.1) is 0 Å². The van der Waals surface area contributed by atoms with Crippen molar-refractivity contribution in [3.63, 3.8) is 0 Å². The Labute approximate surface area is 147 Å². The molecular formula is C21H20ClNO. The second-order valence-electron chi connectivity index (χ2n) is 5.60. The molecule has 3 rings (SSSR count). The molecule has 0 atom stereocenters. The van der Waals surface area contributed by atoms with Crippen molar-refractivity contribution >= 4 is 22.4 Å². The number of nitrogens with one attached hydrogen (secondary N) is 1. The van der Waals surface area contributed by atoms with Crippen molar-refractivity contribution in [3.8, 4) is 5.75 Å². The number of ether oxygens (including phenoxy) is 1. The van der Waals surface area contributed by atoms with Crippen molar-refractivity contribution < 1.29 is 4.74 Å². The molecule has 0 saturated heterocycles. The highest BCUT2D eigenvalue weighted by molar-refractivity contribution is 6.30. The minimum Gasteiger partial charge on any atom is -0.489 e. The molecule has 1 N–H and O–H groups in total. The molecule has 0 aromatic heterocycles. The fourth-order valence-electron chi connectivity index (χ4n) is 2.67. The molecule has 0 bridgehead atoms. The Morgan fingerprint density at radius 1 is 1.00 bits per heavy atom. The van der Waals surface area contributed by atoms with E-state index in [-0.39, 0.29) is 0 Å². The Morgan fingerprint density at radius 3 is 2.58 bits per heavy atom. The third-order valence-electron chi connectivity index (χ3n) is 3.90. The number of halogens is 1. The van der Waals surface area contributed by atoms with Crippen molar-refractivity contribution in [1.82, 2.24) is 5.32 Å². The lowest BCUT2D eigenvalue weighted by molar-refractivity contribution is 0.303. The van der Waals surface area contributed by atoms with Gasteiger partial charge in [-0.15, -0.1) is 6.58 Å². The van der Waals surface area contributed by atoms with E-state index in [1.165, 1.54) is 16.3 Å². The third-order valence-corrected chi connectivity index (χ3v) is 4.15. The highest BCUT2D eigenvalue weighted by atomic mass is 35.5. The van der Waals surface area contributed by atoms with Crippen molar-refractivity contribution in [2.45, 2.75) is 13.2 Å². The van der Waals surface area contributed by atoms with E-state index in [0.29, 0.717) is 6.61 Å². The van der Waals surface area contributed by atoms with Crippen LogP contribution < -0.4 is 10.1 Å². The van der Waals surface area contributed by atoms with Gasteiger partial charge in [0.05, 0.1) is 0 Å². The molecule has 0 spiro atoms. The van der Waals surface area contributed by atoms with E-state index in [1.54, 1.807) is 0 Å².